The molecular formula is C28H38F2N4O3. The zero-order chi connectivity index (χ0) is 26.9. The van der Waals surface area contributed by atoms with E-state index in [0.717, 1.165) is 31.0 Å². The Kier molecular flexibility index (Phi) is 10.5. The smallest absolute Gasteiger partial charge is 0.253 e. The number of aliphatic hydroxyl groups is 1. The van der Waals surface area contributed by atoms with Crippen LogP contribution in [0.2, 0.25) is 0 Å². The topological polar surface area (TPSA) is 93.7 Å². The average Bonchev–Trinajstić information content (AvgIpc) is 2.87. The van der Waals surface area contributed by atoms with Crippen LogP contribution < -0.4 is 16.0 Å². The van der Waals surface area contributed by atoms with Crippen molar-refractivity contribution in [3.05, 3.63) is 70.3 Å². The molecule has 0 radical (unpaired) electrons. The average molecular weight is 517 g/mol. The zero-order valence-corrected chi connectivity index (χ0v) is 21.8. The first-order chi connectivity index (χ1) is 17.7. The summed E-state index contributed by atoms with van der Waals surface area (Å²) in [4.78, 5) is 28.3. The number of piperazine rings is 1. The number of nitrogens with zero attached hydrogens (tertiary/aromatic N) is 1. The summed E-state index contributed by atoms with van der Waals surface area (Å²) in [7, 11) is 0. The third kappa shape index (κ3) is 8.05. The van der Waals surface area contributed by atoms with Crippen LogP contribution in [-0.4, -0.2) is 72.7 Å². The van der Waals surface area contributed by atoms with Crippen molar-refractivity contribution in [2.75, 3.05) is 32.7 Å². The second-order valence-electron chi connectivity index (χ2n) is 9.70. The van der Waals surface area contributed by atoms with Gasteiger partial charge in [0.1, 0.15) is 11.6 Å². The van der Waals surface area contributed by atoms with Gasteiger partial charge in [-0.25, -0.2) is 8.78 Å². The first-order valence-corrected chi connectivity index (χ1v) is 13.0. The number of rotatable bonds is 11. The molecule has 2 aromatic carbocycles. The van der Waals surface area contributed by atoms with Gasteiger partial charge >= 0.3 is 0 Å². The van der Waals surface area contributed by atoms with Gasteiger partial charge in [-0.3, -0.25) is 9.59 Å². The molecule has 0 aliphatic carbocycles. The van der Waals surface area contributed by atoms with Crippen molar-refractivity contribution in [1.29, 1.82) is 0 Å². The van der Waals surface area contributed by atoms with E-state index in [9.17, 15) is 23.5 Å². The molecule has 9 heteroatoms. The van der Waals surface area contributed by atoms with Gasteiger partial charge in [-0.2, -0.15) is 0 Å². The van der Waals surface area contributed by atoms with Crippen LogP contribution in [0.15, 0.2) is 36.4 Å². The van der Waals surface area contributed by atoms with Gasteiger partial charge in [0.25, 0.3) is 11.8 Å². The van der Waals surface area contributed by atoms with Crippen LogP contribution in [0, 0.1) is 18.6 Å². The van der Waals surface area contributed by atoms with Gasteiger partial charge in [-0.05, 0) is 67.6 Å². The van der Waals surface area contributed by atoms with Gasteiger partial charge in [-0.15, -0.1) is 0 Å². The van der Waals surface area contributed by atoms with Crippen LogP contribution >= 0.6 is 0 Å². The molecule has 7 nitrogen and oxygen atoms in total. The van der Waals surface area contributed by atoms with Crippen molar-refractivity contribution in [2.24, 2.45) is 0 Å². The predicted molar refractivity (Wildman–Crippen MR) is 140 cm³/mol. The summed E-state index contributed by atoms with van der Waals surface area (Å²) in [5.41, 5.74) is 1.79. The maximum Gasteiger partial charge on any atom is 0.253 e. The minimum Gasteiger partial charge on any atom is -0.389 e. The lowest BCUT2D eigenvalue weighted by atomic mass is 9.94. The maximum atomic E-state index is 13.9. The Hall–Kier alpha value is -2.88. The van der Waals surface area contributed by atoms with E-state index >= 15 is 0 Å². The van der Waals surface area contributed by atoms with E-state index in [1.54, 1.807) is 23.1 Å². The summed E-state index contributed by atoms with van der Waals surface area (Å²) in [6.07, 6.45) is 0.654. The quantitative estimate of drug-likeness (QED) is 0.369. The first-order valence-electron chi connectivity index (χ1n) is 13.0. The van der Waals surface area contributed by atoms with Gasteiger partial charge < -0.3 is 26.0 Å². The molecule has 1 aliphatic heterocycles. The third-order valence-electron chi connectivity index (χ3n) is 6.45. The molecule has 2 unspecified atom stereocenters. The van der Waals surface area contributed by atoms with Crippen LogP contribution in [0.4, 0.5) is 8.78 Å². The Morgan fingerprint density at radius 2 is 1.68 bits per heavy atom. The lowest BCUT2D eigenvalue weighted by Crippen LogP contribution is -2.60. The van der Waals surface area contributed by atoms with Gasteiger partial charge in [0, 0.05) is 56.0 Å². The fourth-order valence-corrected chi connectivity index (χ4v) is 4.76. The molecule has 0 spiro atoms. The molecule has 1 fully saturated rings. The molecule has 2 aromatic rings. The normalized spacial score (nSPS) is 17.2. The number of aliphatic hydroxyl groups excluding tert-OH is 1. The molecular weight excluding hydrogens is 478 g/mol. The van der Waals surface area contributed by atoms with Gasteiger partial charge in [0.2, 0.25) is 0 Å². The third-order valence-corrected chi connectivity index (χ3v) is 6.45. The molecule has 0 aromatic heterocycles. The van der Waals surface area contributed by atoms with Gasteiger partial charge in [0.15, 0.2) is 0 Å². The van der Waals surface area contributed by atoms with Crippen LogP contribution in [-0.2, 0) is 6.42 Å². The van der Waals surface area contributed by atoms with E-state index in [0.29, 0.717) is 37.3 Å². The van der Waals surface area contributed by atoms with Gasteiger partial charge in [0.05, 0.1) is 12.1 Å². The molecule has 0 bridgehead atoms. The fraction of sp³-hybridized carbons (Fsp3) is 0.500. The maximum absolute atomic E-state index is 13.9. The molecule has 37 heavy (non-hydrogen) atoms. The molecule has 3 rings (SSSR count). The van der Waals surface area contributed by atoms with Crippen LogP contribution in [0.25, 0.3) is 0 Å². The lowest BCUT2D eigenvalue weighted by molar-refractivity contribution is 0.0675. The standard InChI is InChI=1S/C28H38F2N4O3/c1-4-8-34(9-5-2)28(37)21-11-18(3)10-20(15-21)27(36)33-24(26(35)25-17-31-6-7-32-25)14-19-12-22(29)16-23(30)13-19/h10-13,15-16,24-26,31-32,35H,4-9,14,17H2,1-3H3,(H,33,36)/t24?,25?,26-/m0/s1. The Balaban J connectivity index is 1.86. The highest BCUT2D eigenvalue weighted by Crippen LogP contribution is 2.17. The van der Waals surface area contributed by atoms with Crippen molar-refractivity contribution in [3.8, 4) is 0 Å². The van der Waals surface area contributed by atoms with E-state index in [4.69, 9.17) is 0 Å². The van der Waals surface area contributed by atoms with Crippen molar-refractivity contribution in [3.63, 3.8) is 0 Å². The fourth-order valence-electron chi connectivity index (χ4n) is 4.76. The van der Waals surface area contributed by atoms with Crippen molar-refractivity contribution < 1.29 is 23.5 Å². The number of amides is 2. The number of hydrogen-bond donors (Lipinski definition) is 4. The Labute approximate surface area is 217 Å². The molecule has 1 saturated heterocycles. The second-order valence-corrected chi connectivity index (χ2v) is 9.70. The highest BCUT2D eigenvalue weighted by Gasteiger charge is 2.31. The number of nitrogens with one attached hydrogen (secondary N) is 3. The highest BCUT2D eigenvalue weighted by atomic mass is 19.1. The molecule has 1 heterocycles. The zero-order valence-electron chi connectivity index (χ0n) is 21.8. The van der Waals surface area contributed by atoms with E-state index in [-0.39, 0.29) is 23.9 Å². The highest BCUT2D eigenvalue weighted by molar-refractivity contribution is 6.00. The van der Waals surface area contributed by atoms with E-state index in [2.05, 4.69) is 16.0 Å². The largest absolute Gasteiger partial charge is 0.389 e. The van der Waals surface area contributed by atoms with E-state index < -0.39 is 29.7 Å². The number of aryl methyl sites for hydroxylation is 1. The molecule has 3 atom stereocenters. The Morgan fingerprint density at radius 1 is 1.03 bits per heavy atom. The minimum atomic E-state index is -1.03. The van der Waals surface area contributed by atoms with Crippen molar-refractivity contribution >= 4 is 11.8 Å². The number of benzene rings is 2. The summed E-state index contributed by atoms with van der Waals surface area (Å²) in [5.74, 6) is -2.05. The number of carbonyl (C=O) groups is 2. The lowest BCUT2D eigenvalue weighted by Gasteiger charge is -2.34. The summed E-state index contributed by atoms with van der Waals surface area (Å²) in [6.45, 7) is 8.98. The molecule has 202 valence electrons. The van der Waals surface area contributed by atoms with Crippen LogP contribution in [0.3, 0.4) is 0 Å². The molecule has 0 saturated carbocycles. The van der Waals surface area contributed by atoms with Crippen LogP contribution in [0.5, 0.6) is 0 Å². The molecule has 4 N–H and O–H groups in total. The Bertz CT molecular complexity index is 1050. The summed E-state index contributed by atoms with van der Waals surface area (Å²) in [5, 5.41) is 20.4. The number of hydrogen-bond acceptors (Lipinski definition) is 5. The van der Waals surface area contributed by atoms with Crippen molar-refractivity contribution in [1.82, 2.24) is 20.9 Å². The summed E-state index contributed by atoms with van der Waals surface area (Å²) >= 11 is 0. The van der Waals surface area contributed by atoms with Crippen molar-refractivity contribution in [2.45, 2.75) is 58.2 Å². The first kappa shape index (κ1) is 28.7. The predicted octanol–water partition coefficient (Wildman–Crippen LogP) is 2.80. The summed E-state index contributed by atoms with van der Waals surface area (Å²) in [6, 6.07) is 6.99. The SMILES string of the molecule is CCCN(CCC)C(=O)c1cc(C)cc(C(=O)NC(Cc2cc(F)cc(F)c2)[C@H](O)C2CNCCN2)c1. The van der Waals surface area contributed by atoms with Gasteiger partial charge in [-0.1, -0.05) is 13.8 Å². The minimum absolute atomic E-state index is 0.0259. The molecule has 2 amide bonds. The summed E-state index contributed by atoms with van der Waals surface area (Å²) < 4.78 is 27.7. The number of carbonyl (C=O) groups excluding carboxylic acids is 2. The van der Waals surface area contributed by atoms with Crippen LogP contribution in [0.1, 0.15) is 58.5 Å². The monoisotopic (exact) mass is 516 g/mol. The number of halogens is 2. The van der Waals surface area contributed by atoms with E-state index in [1.165, 1.54) is 12.1 Å². The molecule has 1 aliphatic rings. The van der Waals surface area contributed by atoms with E-state index in [1.807, 2.05) is 20.8 Å². The second kappa shape index (κ2) is 13.6. The Morgan fingerprint density at radius 3 is 2.27 bits per heavy atom.